The third-order valence-electron chi connectivity index (χ3n) is 5.78. The summed E-state index contributed by atoms with van der Waals surface area (Å²) in [6.07, 6.45) is 2.91. The second kappa shape index (κ2) is 10.7. The number of anilines is 1. The Bertz CT molecular complexity index is 1080. The van der Waals surface area contributed by atoms with Gasteiger partial charge in [0.15, 0.2) is 6.61 Å². The summed E-state index contributed by atoms with van der Waals surface area (Å²) in [5.41, 5.74) is 2.51. The lowest BCUT2D eigenvalue weighted by atomic mass is 10.0. The SMILES string of the molecule is COc1cccc(NC(=O)COc2ccc(C(=O)N3CCCC3Cc3ccccc3)cc2)c1. The van der Waals surface area contributed by atoms with Crippen molar-refractivity contribution in [3.05, 3.63) is 90.0 Å². The van der Waals surface area contributed by atoms with Crippen molar-refractivity contribution in [2.24, 2.45) is 0 Å². The van der Waals surface area contributed by atoms with Crippen LogP contribution in [0.15, 0.2) is 78.9 Å². The molecule has 1 heterocycles. The van der Waals surface area contributed by atoms with Crippen LogP contribution in [0.4, 0.5) is 5.69 Å². The van der Waals surface area contributed by atoms with E-state index in [4.69, 9.17) is 9.47 Å². The highest BCUT2D eigenvalue weighted by Crippen LogP contribution is 2.24. The van der Waals surface area contributed by atoms with E-state index in [1.807, 2.05) is 23.1 Å². The van der Waals surface area contributed by atoms with Gasteiger partial charge in [0.25, 0.3) is 11.8 Å². The minimum atomic E-state index is -0.274. The Labute approximate surface area is 194 Å². The molecule has 170 valence electrons. The van der Waals surface area contributed by atoms with Crippen LogP contribution in [0.3, 0.4) is 0 Å². The van der Waals surface area contributed by atoms with Crippen LogP contribution in [0.25, 0.3) is 0 Å². The highest BCUT2D eigenvalue weighted by molar-refractivity contribution is 5.95. The molecule has 3 aromatic rings. The molecule has 33 heavy (non-hydrogen) atoms. The maximum absolute atomic E-state index is 13.1. The van der Waals surface area contributed by atoms with Crippen LogP contribution in [0.1, 0.15) is 28.8 Å². The van der Waals surface area contributed by atoms with E-state index in [0.717, 1.165) is 25.8 Å². The van der Waals surface area contributed by atoms with Crippen molar-refractivity contribution in [3.63, 3.8) is 0 Å². The first-order valence-electron chi connectivity index (χ1n) is 11.1. The number of hydrogen-bond donors (Lipinski definition) is 1. The van der Waals surface area contributed by atoms with E-state index in [2.05, 4.69) is 17.4 Å². The van der Waals surface area contributed by atoms with Crippen molar-refractivity contribution in [2.75, 3.05) is 25.6 Å². The summed E-state index contributed by atoms with van der Waals surface area (Å²) in [6, 6.07) is 24.6. The van der Waals surface area contributed by atoms with Crippen molar-refractivity contribution in [2.45, 2.75) is 25.3 Å². The number of rotatable bonds is 8. The molecule has 6 nitrogen and oxygen atoms in total. The summed E-state index contributed by atoms with van der Waals surface area (Å²) in [5, 5.41) is 2.77. The molecule has 1 atom stereocenters. The molecule has 6 heteroatoms. The number of nitrogens with one attached hydrogen (secondary N) is 1. The van der Waals surface area contributed by atoms with Gasteiger partial charge in [-0.3, -0.25) is 9.59 Å². The highest BCUT2D eigenvalue weighted by Gasteiger charge is 2.29. The summed E-state index contributed by atoms with van der Waals surface area (Å²) >= 11 is 0. The molecule has 0 saturated carbocycles. The zero-order chi connectivity index (χ0) is 23.0. The van der Waals surface area contributed by atoms with Gasteiger partial charge in [0.1, 0.15) is 11.5 Å². The number of methoxy groups -OCH3 is 1. The first-order chi connectivity index (χ1) is 16.1. The Morgan fingerprint density at radius 2 is 1.76 bits per heavy atom. The van der Waals surface area contributed by atoms with Crippen LogP contribution in [0.2, 0.25) is 0 Å². The summed E-state index contributed by atoms with van der Waals surface area (Å²) in [6.45, 7) is 0.648. The summed E-state index contributed by atoms with van der Waals surface area (Å²) in [5.74, 6) is 0.965. The lowest BCUT2D eigenvalue weighted by Crippen LogP contribution is -2.36. The van der Waals surface area contributed by atoms with Crippen LogP contribution >= 0.6 is 0 Å². The van der Waals surface area contributed by atoms with Crippen molar-refractivity contribution in [1.29, 1.82) is 0 Å². The van der Waals surface area contributed by atoms with Gasteiger partial charge in [-0.25, -0.2) is 0 Å². The van der Waals surface area contributed by atoms with Gasteiger partial charge in [-0.05, 0) is 61.2 Å². The van der Waals surface area contributed by atoms with E-state index in [0.29, 0.717) is 22.7 Å². The maximum Gasteiger partial charge on any atom is 0.262 e. The number of benzene rings is 3. The lowest BCUT2D eigenvalue weighted by Gasteiger charge is -2.25. The largest absolute Gasteiger partial charge is 0.497 e. The number of carbonyl (C=O) groups excluding carboxylic acids is 2. The second-order valence-corrected chi connectivity index (χ2v) is 8.08. The Balaban J connectivity index is 1.31. The Hall–Kier alpha value is -3.80. The van der Waals surface area contributed by atoms with Crippen LogP contribution in [0.5, 0.6) is 11.5 Å². The van der Waals surface area contributed by atoms with Crippen molar-refractivity contribution < 1.29 is 19.1 Å². The molecule has 1 fully saturated rings. The van der Waals surface area contributed by atoms with Gasteiger partial charge in [0, 0.05) is 29.9 Å². The van der Waals surface area contributed by atoms with Crippen molar-refractivity contribution >= 4 is 17.5 Å². The van der Waals surface area contributed by atoms with E-state index in [1.54, 1.807) is 55.6 Å². The number of nitrogens with zero attached hydrogens (tertiary/aromatic N) is 1. The standard InChI is InChI=1S/C27H28N2O4/c1-32-25-11-5-9-22(18-25)28-26(30)19-33-24-14-12-21(13-15-24)27(31)29-16-6-10-23(29)17-20-7-3-2-4-8-20/h2-5,7-9,11-15,18,23H,6,10,16-17,19H2,1H3,(H,28,30). The average molecular weight is 445 g/mol. The van der Waals surface area contributed by atoms with Crippen LogP contribution < -0.4 is 14.8 Å². The summed E-state index contributed by atoms with van der Waals surface area (Å²) < 4.78 is 10.7. The topological polar surface area (TPSA) is 67.9 Å². The number of hydrogen-bond acceptors (Lipinski definition) is 4. The molecule has 1 unspecified atom stereocenters. The molecular weight excluding hydrogens is 416 g/mol. The number of ether oxygens (including phenoxy) is 2. The molecule has 1 aliphatic rings. The molecule has 2 amide bonds. The molecule has 0 aromatic heterocycles. The van der Waals surface area contributed by atoms with Crippen LogP contribution in [-0.4, -0.2) is 43.0 Å². The van der Waals surface area contributed by atoms with Crippen molar-refractivity contribution in [3.8, 4) is 11.5 Å². The molecule has 0 spiro atoms. The molecular formula is C27H28N2O4. The maximum atomic E-state index is 13.1. The van der Waals surface area contributed by atoms with E-state index >= 15 is 0 Å². The minimum absolute atomic E-state index is 0.0377. The van der Waals surface area contributed by atoms with Crippen molar-refractivity contribution in [1.82, 2.24) is 4.90 Å². The number of likely N-dealkylation sites (tertiary alicyclic amines) is 1. The smallest absolute Gasteiger partial charge is 0.262 e. The molecule has 1 N–H and O–H groups in total. The molecule has 0 aliphatic carbocycles. The lowest BCUT2D eigenvalue weighted by molar-refractivity contribution is -0.118. The predicted molar refractivity (Wildman–Crippen MR) is 128 cm³/mol. The number of amides is 2. The monoisotopic (exact) mass is 444 g/mol. The Kier molecular flexibility index (Phi) is 7.25. The fourth-order valence-electron chi connectivity index (χ4n) is 4.11. The zero-order valence-corrected chi connectivity index (χ0v) is 18.7. The highest BCUT2D eigenvalue weighted by atomic mass is 16.5. The molecule has 1 aliphatic heterocycles. The van der Waals surface area contributed by atoms with Gasteiger partial charge >= 0.3 is 0 Å². The normalized spacial score (nSPS) is 15.2. The third kappa shape index (κ3) is 5.92. The van der Waals surface area contributed by atoms with Gasteiger partial charge in [0.05, 0.1) is 7.11 Å². The third-order valence-corrected chi connectivity index (χ3v) is 5.78. The van der Waals surface area contributed by atoms with Gasteiger partial charge in [-0.15, -0.1) is 0 Å². The van der Waals surface area contributed by atoms with E-state index < -0.39 is 0 Å². The average Bonchev–Trinajstić information content (AvgIpc) is 3.31. The second-order valence-electron chi connectivity index (χ2n) is 8.08. The van der Waals surface area contributed by atoms with Crippen LogP contribution in [0, 0.1) is 0 Å². The van der Waals surface area contributed by atoms with Gasteiger partial charge in [0.2, 0.25) is 0 Å². The predicted octanol–water partition coefficient (Wildman–Crippen LogP) is 4.56. The molecule has 0 bridgehead atoms. The molecule has 1 saturated heterocycles. The van der Waals surface area contributed by atoms with E-state index in [1.165, 1.54) is 5.56 Å². The first-order valence-corrected chi connectivity index (χ1v) is 11.1. The van der Waals surface area contributed by atoms with Crippen LogP contribution in [-0.2, 0) is 11.2 Å². The first kappa shape index (κ1) is 22.4. The fourth-order valence-corrected chi connectivity index (χ4v) is 4.11. The Morgan fingerprint density at radius 1 is 0.970 bits per heavy atom. The van der Waals surface area contributed by atoms with Gasteiger partial charge in [-0.2, -0.15) is 0 Å². The Morgan fingerprint density at radius 3 is 2.52 bits per heavy atom. The quantitative estimate of drug-likeness (QED) is 0.553. The molecule has 0 radical (unpaired) electrons. The van der Waals surface area contributed by atoms with E-state index in [9.17, 15) is 9.59 Å². The summed E-state index contributed by atoms with van der Waals surface area (Å²) in [7, 11) is 1.58. The minimum Gasteiger partial charge on any atom is -0.497 e. The molecule has 3 aromatic carbocycles. The summed E-state index contributed by atoms with van der Waals surface area (Å²) in [4.78, 5) is 27.3. The van der Waals surface area contributed by atoms with Gasteiger partial charge in [-0.1, -0.05) is 36.4 Å². The van der Waals surface area contributed by atoms with E-state index in [-0.39, 0.29) is 24.5 Å². The number of carbonyl (C=O) groups is 2. The fraction of sp³-hybridized carbons (Fsp3) is 0.259. The zero-order valence-electron chi connectivity index (χ0n) is 18.7. The molecule has 4 rings (SSSR count). The van der Waals surface area contributed by atoms with Gasteiger partial charge < -0.3 is 19.7 Å².